The van der Waals surface area contributed by atoms with Crippen LogP contribution in [0.15, 0.2) is 41.5 Å². The van der Waals surface area contributed by atoms with Crippen LogP contribution in [0.5, 0.6) is 23.1 Å². The van der Waals surface area contributed by atoms with E-state index in [2.05, 4.69) is 27.5 Å². The minimum absolute atomic E-state index is 0.463. The number of para-hydroxylation sites is 1. The lowest BCUT2D eigenvalue weighted by Crippen LogP contribution is -2.37. The van der Waals surface area contributed by atoms with E-state index in [1.165, 1.54) is 0 Å². The summed E-state index contributed by atoms with van der Waals surface area (Å²) in [6.45, 7) is 3.61. The van der Waals surface area contributed by atoms with Crippen molar-refractivity contribution in [2.45, 2.75) is 19.9 Å². The van der Waals surface area contributed by atoms with E-state index in [0.29, 0.717) is 29.7 Å². The molecule has 1 aromatic heterocycles. The smallest absolute Gasteiger partial charge is 0.219 e. The van der Waals surface area contributed by atoms with Crippen molar-refractivity contribution >= 4 is 5.96 Å². The number of nitrogens with one attached hydrogen (secondary N) is 2. The van der Waals surface area contributed by atoms with Crippen molar-refractivity contribution < 1.29 is 14.2 Å². The van der Waals surface area contributed by atoms with Crippen molar-refractivity contribution in [1.82, 2.24) is 15.6 Å². The Morgan fingerprint density at radius 1 is 1.08 bits per heavy atom. The summed E-state index contributed by atoms with van der Waals surface area (Å²) < 4.78 is 16.5. The van der Waals surface area contributed by atoms with Crippen LogP contribution in [0.2, 0.25) is 0 Å². The Morgan fingerprint density at radius 2 is 1.81 bits per heavy atom. The van der Waals surface area contributed by atoms with Gasteiger partial charge in [-0.15, -0.1) is 0 Å². The summed E-state index contributed by atoms with van der Waals surface area (Å²) >= 11 is 0. The van der Waals surface area contributed by atoms with Gasteiger partial charge in [-0.05, 0) is 24.1 Å². The molecule has 0 radical (unpaired) electrons. The maximum atomic E-state index is 5.86. The van der Waals surface area contributed by atoms with E-state index in [9.17, 15) is 0 Å². The van der Waals surface area contributed by atoms with Crippen LogP contribution >= 0.6 is 0 Å². The number of aliphatic imine (C=N–C) groups is 1. The summed E-state index contributed by atoms with van der Waals surface area (Å²) in [7, 11) is 4.92. The fourth-order valence-electron chi connectivity index (χ4n) is 2.25. The number of methoxy groups -OCH3 is 2. The first-order valence-electron chi connectivity index (χ1n) is 8.50. The van der Waals surface area contributed by atoms with E-state index in [-0.39, 0.29) is 0 Å². The summed E-state index contributed by atoms with van der Waals surface area (Å²) in [4.78, 5) is 8.53. The molecule has 7 nitrogen and oxygen atoms in total. The molecular formula is C19H26N4O3. The third-order valence-electron chi connectivity index (χ3n) is 3.61. The van der Waals surface area contributed by atoms with Crippen molar-refractivity contribution in [2.24, 2.45) is 4.99 Å². The van der Waals surface area contributed by atoms with Gasteiger partial charge in [0, 0.05) is 32.4 Å². The van der Waals surface area contributed by atoms with Crippen LogP contribution in [0.25, 0.3) is 0 Å². The van der Waals surface area contributed by atoms with Crippen molar-refractivity contribution in [3.63, 3.8) is 0 Å². The average molecular weight is 358 g/mol. The molecule has 0 bridgehead atoms. The molecule has 0 aliphatic rings. The average Bonchev–Trinajstić information content (AvgIpc) is 2.69. The molecule has 0 saturated heterocycles. The van der Waals surface area contributed by atoms with Gasteiger partial charge in [-0.3, -0.25) is 4.99 Å². The van der Waals surface area contributed by atoms with Gasteiger partial charge in [0.15, 0.2) is 17.5 Å². The number of ether oxygens (including phenoxy) is 3. The predicted octanol–water partition coefficient (Wildman–Crippen LogP) is 2.97. The molecule has 26 heavy (non-hydrogen) atoms. The van der Waals surface area contributed by atoms with Crippen molar-refractivity contribution in [2.75, 3.05) is 27.8 Å². The highest BCUT2D eigenvalue weighted by Crippen LogP contribution is 2.39. The Morgan fingerprint density at radius 3 is 2.35 bits per heavy atom. The SMILES string of the molecule is CCCNC(=NC)NCc1ccc(Oc2c(OC)cccc2OC)nc1. The standard InChI is InChI=1S/C19H26N4O3/c1-5-11-21-19(20-2)23-13-14-9-10-17(22-12-14)26-18-15(24-3)7-6-8-16(18)25-4/h6-10,12H,5,11,13H2,1-4H3,(H2,20,21,23). The van der Waals surface area contributed by atoms with E-state index in [4.69, 9.17) is 14.2 Å². The second-order valence-electron chi connectivity index (χ2n) is 5.45. The molecule has 1 aromatic carbocycles. The number of hydrogen-bond donors (Lipinski definition) is 2. The molecule has 2 N–H and O–H groups in total. The van der Waals surface area contributed by atoms with Gasteiger partial charge in [0.05, 0.1) is 14.2 Å². The minimum atomic E-state index is 0.463. The van der Waals surface area contributed by atoms with Crippen LogP contribution in [-0.2, 0) is 6.54 Å². The third kappa shape index (κ3) is 5.27. The van der Waals surface area contributed by atoms with E-state index < -0.39 is 0 Å². The van der Waals surface area contributed by atoms with E-state index in [1.807, 2.05) is 30.3 Å². The first-order chi connectivity index (χ1) is 12.7. The van der Waals surface area contributed by atoms with Crippen LogP contribution < -0.4 is 24.8 Å². The maximum absolute atomic E-state index is 5.86. The topological polar surface area (TPSA) is 77.0 Å². The van der Waals surface area contributed by atoms with Gasteiger partial charge in [0.25, 0.3) is 0 Å². The van der Waals surface area contributed by atoms with Gasteiger partial charge in [-0.25, -0.2) is 4.98 Å². The van der Waals surface area contributed by atoms with Gasteiger partial charge in [0.2, 0.25) is 11.6 Å². The predicted molar refractivity (Wildman–Crippen MR) is 102 cm³/mol. The molecule has 0 aliphatic carbocycles. The summed E-state index contributed by atoms with van der Waals surface area (Å²) in [5, 5.41) is 6.47. The first kappa shape index (κ1) is 19.4. The summed E-state index contributed by atoms with van der Waals surface area (Å²) in [5.74, 6) is 2.90. The molecule has 0 amide bonds. The molecule has 1 heterocycles. The second-order valence-corrected chi connectivity index (χ2v) is 5.45. The molecule has 2 aromatic rings. The molecule has 0 spiro atoms. The number of nitrogens with zero attached hydrogens (tertiary/aromatic N) is 2. The Labute approximate surface area is 154 Å². The Kier molecular flexibility index (Phi) is 7.54. The van der Waals surface area contributed by atoms with Gasteiger partial charge in [-0.2, -0.15) is 0 Å². The van der Waals surface area contributed by atoms with E-state index in [1.54, 1.807) is 27.5 Å². The van der Waals surface area contributed by atoms with Crippen LogP contribution in [0.1, 0.15) is 18.9 Å². The second kappa shape index (κ2) is 10.1. The number of guanidine groups is 1. The highest BCUT2D eigenvalue weighted by molar-refractivity contribution is 5.79. The summed E-state index contributed by atoms with van der Waals surface area (Å²) in [6, 6.07) is 9.22. The fraction of sp³-hybridized carbons (Fsp3) is 0.368. The molecule has 7 heteroatoms. The third-order valence-corrected chi connectivity index (χ3v) is 3.61. The highest BCUT2D eigenvalue weighted by Gasteiger charge is 2.13. The summed E-state index contributed by atoms with van der Waals surface area (Å²) in [5.41, 5.74) is 1.02. The van der Waals surface area contributed by atoms with Crippen molar-refractivity contribution in [3.05, 3.63) is 42.1 Å². The largest absolute Gasteiger partial charge is 0.493 e. The van der Waals surface area contributed by atoms with E-state index in [0.717, 1.165) is 24.5 Å². The number of pyridine rings is 1. The van der Waals surface area contributed by atoms with E-state index >= 15 is 0 Å². The zero-order chi connectivity index (χ0) is 18.8. The van der Waals surface area contributed by atoms with Crippen molar-refractivity contribution in [1.29, 1.82) is 0 Å². The normalized spacial score (nSPS) is 11.0. The quantitative estimate of drug-likeness (QED) is 0.558. The lowest BCUT2D eigenvalue weighted by molar-refractivity contribution is 0.342. The van der Waals surface area contributed by atoms with Gasteiger partial charge in [-0.1, -0.05) is 19.1 Å². The summed E-state index contributed by atoms with van der Waals surface area (Å²) in [6.07, 6.45) is 2.80. The molecule has 2 rings (SSSR count). The Balaban J connectivity index is 2.02. The molecule has 0 fully saturated rings. The molecule has 0 unspecified atom stereocenters. The first-order valence-corrected chi connectivity index (χ1v) is 8.50. The van der Waals surface area contributed by atoms with Crippen LogP contribution in [0.4, 0.5) is 0 Å². The zero-order valence-electron chi connectivity index (χ0n) is 15.7. The van der Waals surface area contributed by atoms with Crippen molar-refractivity contribution in [3.8, 4) is 23.1 Å². The number of rotatable bonds is 8. The molecular weight excluding hydrogens is 332 g/mol. The van der Waals surface area contributed by atoms with Gasteiger partial charge in [0.1, 0.15) is 0 Å². The minimum Gasteiger partial charge on any atom is -0.493 e. The number of hydrogen-bond acceptors (Lipinski definition) is 5. The van der Waals surface area contributed by atoms with Gasteiger partial charge >= 0.3 is 0 Å². The van der Waals surface area contributed by atoms with Crippen LogP contribution in [0.3, 0.4) is 0 Å². The molecule has 0 aliphatic heterocycles. The molecule has 140 valence electrons. The van der Waals surface area contributed by atoms with Crippen LogP contribution in [0, 0.1) is 0 Å². The number of aromatic nitrogens is 1. The van der Waals surface area contributed by atoms with Gasteiger partial charge < -0.3 is 24.8 Å². The maximum Gasteiger partial charge on any atom is 0.219 e. The van der Waals surface area contributed by atoms with Crippen LogP contribution in [-0.4, -0.2) is 38.8 Å². The Bertz CT molecular complexity index is 695. The zero-order valence-corrected chi connectivity index (χ0v) is 15.7. The Hall–Kier alpha value is -2.96. The lowest BCUT2D eigenvalue weighted by atomic mass is 10.3. The fourth-order valence-corrected chi connectivity index (χ4v) is 2.25. The highest BCUT2D eigenvalue weighted by atomic mass is 16.5. The monoisotopic (exact) mass is 358 g/mol. The lowest BCUT2D eigenvalue weighted by Gasteiger charge is -2.14. The number of benzene rings is 1. The molecule has 0 saturated carbocycles. The molecule has 0 atom stereocenters.